The number of carbonyl (C=O) groups excluding carboxylic acids is 1. The number of piperidine rings is 1. The summed E-state index contributed by atoms with van der Waals surface area (Å²) in [6.07, 6.45) is 6.47. The molecule has 0 aliphatic carbocycles. The Bertz CT molecular complexity index is 499. The van der Waals surface area contributed by atoms with Crippen molar-refractivity contribution in [2.75, 3.05) is 32.7 Å². The lowest BCUT2D eigenvalue weighted by molar-refractivity contribution is -0.133. The topological polar surface area (TPSA) is 49.3 Å². The van der Waals surface area contributed by atoms with Crippen LogP contribution in [0.4, 0.5) is 0 Å². The molecule has 1 amide bonds. The van der Waals surface area contributed by atoms with Crippen LogP contribution in [0.25, 0.3) is 0 Å². The van der Waals surface area contributed by atoms with E-state index in [4.69, 9.17) is 0 Å². The number of hydrogen-bond acceptors (Lipinski definition) is 4. The molecule has 1 aromatic rings. The molecule has 2 aliphatic heterocycles. The predicted molar refractivity (Wildman–Crippen MR) is 81.0 cm³/mol. The molecular formula is C16H24N4O. The first kappa shape index (κ1) is 14.4. The fourth-order valence-corrected chi connectivity index (χ4v) is 3.38. The highest BCUT2D eigenvalue weighted by Gasteiger charge is 2.27. The standard InChI is InChI=1S/C16H24N4O/c1-13-17-7-6-15(18-13)14-5-4-10-20(11-14)16(21)12-19-8-2-3-9-19/h6-7,14H,2-5,8-12H2,1H3/t14-/m1/s1. The number of hydrogen-bond donors (Lipinski definition) is 0. The number of amides is 1. The van der Waals surface area contributed by atoms with Gasteiger partial charge in [0.2, 0.25) is 5.91 Å². The van der Waals surface area contributed by atoms with Crippen molar-refractivity contribution in [3.05, 3.63) is 23.8 Å². The molecule has 0 aromatic carbocycles. The van der Waals surface area contributed by atoms with Crippen LogP contribution >= 0.6 is 0 Å². The molecule has 1 atom stereocenters. The van der Waals surface area contributed by atoms with Gasteiger partial charge in [-0.3, -0.25) is 9.69 Å². The number of rotatable bonds is 3. The second kappa shape index (κ2) is 6.52. The summed E-state index contributed by atoms with van der Waals surface area (Å²) >= 11 is 0. The Balaban J connectivity index is 1.61. The Hall–Kier alpha value is -1.49. The average Bonchev–Trinajstić information content (AvgIpc) is 3.00. The summed E-state index contributed by atoms with van der Waals surface area (Å²) in [5.41, 5.74) is 1.08. The third-order valence-electron chi connectivity index (χ3n) is 4.55. The second-order valence-corrected chi connectivity index (χ2v) is 6.19. The van der Waals surface area contributed by atoms with Crippen molar-refractivity contribution in [2.45, 2.75) is 38.5 Å². The van der Waals surface area contributed by atoms with Crippen LogP contribution in [-0.2, 0) is 4.79 Å². The SMILES string of the molecule is Cc1nccc([C@@H]2CCCN(C(=O)CN3CCCC3)C2)n1. The third-order valence-corrected chi connectivity index (χ3v) is 4.55. The summed E-state index contributed by atoms with van der Waals surface area (Å²) < 4.78 is 0. The van der Waals surface area contributed by atoms with Crippen LogP contribution in [0.3, 0.4) is 0 Å². The molecule has 0 bridgehead atoms. The van der Waals surface area contributed by atoms with Crippen molar-refractivity contribution in [3.63, 3.8) is 0 Å². The monoisotopic (exact) mass is 288 g/mol. The van der Waals surface area contributed by atoms with E-state index in [0.717, 1.165) is 50.5 Å². The number of aryl methyl sites for hydroxylation is 1. The lowest BCUT2D eigenvalue weighted by Gasteiger charge is -2.33. The fraction of sp³-hybridized carbons (Fsp3) is 0.688. The maximum atomic E-state index is 12.4. The van der Waals surface area contributed by atoms with Crippen molar-refractivity contribution in [2.24, 2.45) is 0 Å². The second-order valence-electron chi connectivity index (χ2n) is 6.19. The largest absolute Gasteiger partial charge is 0.341 e. The maximum absolute atomic E-state index is 12.4. The van der Waals surface area contributed by atoms with Crippen molar-refractivity contribution in [1.82, 2.24) is 19.8 Å². The lowest BCUT2D eigenvalue weighted by atomic mass is 9.94. The van der Waals surface area contributed by atoms with Gasteiger partial charge in [0.1, 0.15) is 5.82 Å². The van der Waals surface area contributed by atoms with Gasteiger partial charge in [0.15, 0.2) is 0 Å². The maximum Gasteiger partial charge on any atom is 0.236 e. The van der Waals surface area contributed by atoms with Crippen molar-refractivity contribution in [1.29, 1.82) is 0 Å². The van der Waals surface area contributed by atoms with Crippen LogP contribution in [0, 0.1) is 6.92 Å². The molecule has 2 fully saturated rings. The molecule has 5 nitrogen and oxygen atoms in total. The molecule has 0 spiro atoms. The van der Waals surface area contributed by atoms with E-state index >= 15 is 0 Å². The minimum Gasteiger partial charge on any atom is -0.341 e. The zero-order valence-electron chi connectivity index (χ0n) is 12.8. The zero-order chi connectivity index (χ0) is 14.7. The Morgan fingerprint density at radius 2 is 2.10 bits per heavy atom. The van der Waals surface area contributed by atoms with E-state index in [1.165, 1.54) is 12.8 Å². The molecule has 0 radical (unpaired) electrons. The van der Waals surface area contributed by atoms with Gasteiger partial charge in [0.25, 0.3) is 0 Å². The molecule has 0 saturated carbocycles. The Morgan fingerprint density at radius 1 is 1.29 bits per heavy atom. The van der Waals surface area contributed by atoms with Gasteiger partial charge in [-0.1, -0.05) is 0 Å². The minimum atomic E-state index is 0.285. The van der Waals surface area contributed by atoms with Crippen LogP contribution in [-0.4, -0.2) is 58.4 Å². The zero-order valence-corrected chi connectivity index (χ0v) is 12.8. The lowest BCUT2D eigenvalue weighted by Crippen LogP contribution is -2.44. The summed E-state index contributed by atoms with van der Waals surface area (Å²) in [4.78, 5) is 25.5. The van der Waals surface area contributed by atoms with E-state index in [-0.39, 0.29) is 5.91 Å². The summed E-state index contributed by atoms with van der Waals surface area (Å²) in [5.74, 6) is 1.46. The van der Waals surface area contributed by atoms with Crippen LogP contribution < -0.4 is 0 Å². The Kier molecular flexibility index (Phi) is 4.48. The van der Waals surface area contributed by atoms with E-state index in [2.05, 4.69) is 14.9 Å². The summed E-state index contributed by atoms with van der Waals surface area (Å²) in [6.45, 7) is 6.37. The molecule has 3 heterocycles. The van der Waals surface area contributed by atoms with Gasteiger partial charge in [0.05, 0.1) is 6.54 Å². The van der Waals surface area contributed by atoms with E-state index in [0.29, 0.717) is 12.5 Å². The molecule has 114 valence electrons. The van der Waals surface area contributed by atoms with Gasteiger partial charge in [-0.2, -0.15) is 0 Å². The van der Waals surface area contributed by atoms with E-state index in [1.54, 1.807) is 0 Å². The number of carbonyl (C=O) groups is 1. The first-order chi connectivity index (χ1) is 10.2. The molecule has 5 heteroatoms. The minimum absolute atomic E-state index is 0.285. The highest BCUT2D eigenvalue weighted by Crippen LogP contribution is 2.25. The molecular weight excluding hydrogens is 264 g/mol. The molecule has 2 aliphatic rings. The third kappa shape index (κ3) is 3.59. The number of likely N-dealkylation sites (tertiary alicyclic amines) is 2. The summed E-state index contributed by atoms with van der Waals surface area (Å²) in [6, 6.07) is 1.99. The normalized spacial score (nSPS) is 23.5. The van der Waals surface area contributed by atoms with E-state index in [1.807, 2.05) is 24.1 Å². The quantitative estimate of drug-likeness (QED) is 0.847. The molecule has 0 N–H and O–H groups in total. The van der Waals surface area contributed by atoms with Crippen LogP contribution in [0.2, 0.25) is 0 Å². The van der Waals surface area contributed by atoms with Crippen molar-refractivity contribution in [3.8, 4) is 0 Å². The van der Waals surface area contributed by atoms with E-state index < -0.39 is 0 Å². The van der Waals surface area contributed by atoms with Crippen LogP contribution in [0.5, 0.6) is 0 Å². The number of aromatic nitrogens is 2. The molecule has 3 rings (SSSR count). The first-order valence-electron chi connectivity index (χ1n) is 8.02. The predicted octanol–water partition coefficient (Wildman–Crippen LogP) is 1.59. The van der Waals surface area contributed by atoms with Gasteiger partial charge in [-0.05, 0) is 51.8 Å². The highest BCUT2D eigenvalue weighted by molar-refractivity contribution is 5.78. The van der Waals surface area contributed by atoms with E-state index in [9.17, 15) is 4.79 Å². The van der Waals surface area contributed by atoms with Crippen LogP contribution in [0.15, 0.2) is 12.3 Å². The van der Waals surface area contributed by atoms with Gasteiger partial charge in [0, 0.05) is 30.9 Å². The van der Waals surface area contributed by atoms with Crippen molar-refractivity contribution >= 4 is 5.91 Å². The van der Waals surface area contributed by atoms with Crippen LogP contribution in [0.1, 0.15) is 43.1 Å². The van der Waals surface area contributed by atoms with Gasteiger partial charge in [-0.25, -0.2) is 9.97 Å². The fourth-order valence-electron chi connectivity index (χ4n) is 3.38. The van der Waals surface area contributed by atoms with Crippen molar-refractivity contribution < 1.29 is 4.79 Å². The molecule has 21 heavy (non-hydrogen) atoms. The van der Waals surface area contributed by atoms with Gasteiger partial charge in [-0.15, -0.1) is 0 Å². The summed E-state index contributed by atoms with van der Waals surface area (Å²) in [7, 11) is 0. The molecule has 1 aromatic heterocycles. The van der Waals surface area contributed by atoms with Gasteiger partial charge < -0.3 is 4.90 Å². The average molecular weight is 288 g/mol. The highest BCUT2D eigenvalue weighted by atomic mass is 16.2. The Labute approximate surface area is 126 Å². The summed E-state index contributed by atoms with van der Waals surface area (Å²) in [5, 5.41) is 0. The van der Waals surface area contributed by atoms with Gasteiger partial charge >= 0.3 is 0 Å². The Morgan fingerprint density at radius 3 is 2.86 bits per heavy atom. The first-order valence-corrected chi connectivity index (χ1v) is 8.02. The molecule has 0 unspecified atom stereocenters. The molecule has 2 saturated heterocycles. The number of nitrogens with zero attached hydrogens (tertiary/aromatic N) is 4. The smallest absolute Gasteiger partial charge is 0.236 e.